The molecule has 1 unspecified atom stereocenters. The second-order valence-electron chi connectivity index (χ2n) is 9.13. The van der Waals surface area contributed by atoms with E-state index in [0.29, 0.717) is 33.6 Å². The molecule has 0 saturated heterocycles. The Morgan fingerprint density at radius 3 is 2.26 bits per heavy atom. The lowest BCUT2D eigenvalue weighted by atomic mass is 9.74. The number of carbonyl (C=O) groups excluding carboxylic acids is 1. The molecule has 1 aliphatic carbocycles. The van der Waals surface area contributed by atoms with Gasteiger partial charge >= 0.3 is 0 Å². The molecule has 1 aromatic heterocycles. The number of hydrogen-bond donors (Lipinski definition) is 1. The van der Waals surface area contributed by atoms with Crippen molar-refractivity contribution in [3.8, 4) is 0 Å². The van der Waals surface area contributed by atoms with Gasteiger partial charge in [0.25, 0.3) is 0 Å². The van der Waals surface area contributed by atoms with Crippen molar-refractivity contribution in [3.63, 3.8) is 0 Å². The van der Waals surface area contributed by atoms with Crippen LogP contribution >= 0.6 is 0 Å². The summed E-state index contributed by atoms with van der Waals surface area (Å²) in [4.78, 5) is 16.0. The minimum absolute atomic E-state index is 0.105. The van der Waals surface area contributed by atoms with Crippen LogP contribution in [0.4, 0.5) is 5.69 Å². The number of ketones is 1. The number of fused-ring (bicyclic) bond motifs is 4. The monoisotopic (exact) mass is 453 g/mol. The Hall–Kier alpha value is -3.37. The van der Waals surface area contributed by atoms with Crippen molar-refractivity contribution in [3.05, 3.63) is 101 Å². The molecule has 34 heavy (non-hydrogen) atoms. The molecule has 1 N–H and O–H groups in total. The number of carbonyl (C=O) groups is 1. The summed E-state index contributed by atoms with van der Waals surface area (Å²) >= 11 is 0. The quantitative estimate of drug-likeness (QED) is 0.324. The molecule has 0 saturated carbocycles. The highest BCUT2D eigenvalue weighted by Gasteiger charge is 2.47. The van der Waals surface area contributed by atoms with Crippen molar-refractivity contribution in [2.45, 2.75) is 45.1 Å². The van der Waals surface area contributed by atoms with Crippen molar-refractivity contribution >= 4 is 22.4 Å². The number of unbranched alkanes of at least 4 members (excludes halogenated alkanes) is 2. The van der Waals surface area contributed by atoms with Crippen LogP contribution in [0.3, 0.4) is 0 Å². The lowest BCUT2D eigenvalue weighted by molar-refractivity contribution is 0.0851. The highest BCUT2D eigenvalue weighted by Crippen LogP contribution is 2.48. The van der Waals surface area contributed by atoms with E-state index < -0.39 is 5.60 Å². The van der Waals surface area contributed by atoms with E-state index in [1.54, 1.807) is 6.07 Å². The molecule has 0 fully saturated rings. The molecule has 0 bridgehead atoms. The van der Waals surface area contributed by atoms with E-state index in [0.717, 1.165) is 49.8 Å². The summed E-state index contributed by atoms with van der Waals surface area (Å²) in [5.41, 5.74) is 2.41. The normalized spacial score (nSPS) is 17.0. The molecule has 0 aliphatic heterocycles. The molecule has 0 amide bonds. The Morgan fingerprint density at radius 1 is 0.882 bits per heavy atom. The van der Waals surface area contributed by atoms with Crippen LogP contribution in [0, 0.1) is 0 Å². The first-order valence-corrected chi connectivity index (χ1v) is 12.3. The molecule has 5 rings (SSSR count). The molecule has 1 atom stereocenters. The molecular formula is C30H31NO3. The van der Waals surface area contributed by atoms with Crippen LogP contribution in [0.5, 0.6) is 0 Å². The topological polar surface area (TPSA) is 53.7 Å². The van der Waals surface area contributed by atoms with Gasteiger partial charge in [-0.25, -0.2) is 0 Å². The highest BCUT2D eigenvalue weighted by atomic mass is 16.4. The third-order valence-corrected chi connectivity index (χ3v) is 6.91. The molecule has 0 spiro atoms. The van der Waals surface area contributed by atoms with Gasteiger partial charge in [-0.1, -0.05) is 81.3 Å². The molecule has 4 nitrogen and oxygen atoms in total. The Bertz CT molecular complexity index is 1320. The van der Waals surface area contributed by atoms with Gasteiger partial charge in [0.1, 0.15) is 5.58 Å². The SMILES string of the molecule is CCCCN(CCCC)c1ccc2c3c(oc2c1)C(O)(c1ccccc1)c1ccccc1C3=O. The van der Waals surface area contributed by atoms with Gasteiger partial charge in [0, 0.05) is 41.4 Å². The zero-order valence-corrected chi connectivity index (χ0v) is 19.9. The second-order valence-corrected chi connectivity index (χ2v) is 9.13. The number of aliphatic hydroxyl groups is 1. The number of anilines is 1. The summed E-state index contributed by atoms with van der Waals surface area (Å²) in [6.45, 7) is 6.38. The average molecular weight is 454 g/mol. The van der Waals surface area contributed by atoms with Gasteiger partial charge in [-0.2, -0.15) is 0 Å². The first-order chi connectivity index (χ1) is 16.6. The standard InChI is InChI=1S/C30H31NO3/c1-3-5-18-31(19-6-4-2)22-16-17-24-26(20-22)34-29-27(24)28(32)23-14-10-11-15-25(23)30(29,33)21-12-8-7-9-13-21/h7-17,20,33H,3-6,18-19H2,1-2H3. The molecule has 0 radical (unpaired) electrons. The van der Waals surface area contributed by atoms with Gasteiger partial charge in [0.15, 0.2) is 17.1 Å². The minimum Gasteiger partial charge on any atom is -0.456 e. The van der Waals surface area contributed by atoms with Gasteiger partial charge in [-0.05, 0) is 30.5 Å². The van der Waals surface area contributed by atoms with Crippen LogP contribution < -0.4 is 4.90 Å². The summed E-state index contributed by atoms with van der Waals surface area (Å²) < 4.78 is 6.39. The first-order valence-electron chi connectivity index (χ1n) is 12.3. The fourth-order valence-corrected chi connectivity index (χ4v) is 5.05. The summed E-state index contributed by atoms with van der Waals surface area (Å²) in [5.74, 6) is 0.203. The van der Waals surface area contributed by atoms with Crippen LogP contribution in [-0.4, -0.2) is 24.0 Å². The van der Waals surface area contributed by atoms with Crippen molar-refractivity contribution in [2.24, 2.45) is 0 Å². The molecule has 3 aromatic carbocycles. The lowest BCUT2D eigenvalue weighted by Gasteiger charge is -2.33. The van der Waals surface area contributed by atoms with E-state index in [-0.39, 0.29) is 5.78 Å². The van der Waals surface area contributed by atoms with E-state index >= 15 is 0 Å². The Morgan fingerprint density at radius 2 is 1.56 bits per heavy atom. The summed E-state index contributed by atoms with van der Waals surface area (Å²) in [6.07, 6.45) is 4.52. The predicted octanol–water partition coefficient (Wildman–Crippen LogP) is 6.67. The van der Waals surface area contributed by atoms with Gasteiger partial charge in [0.2, 0.25) is 0 Å². The van der Waals surface area contributed by atoms with Crippen LogP contribution in [0.15, 0.2) is 77.2 Å². The van der Waals surface area contributed by atoms with E-state index in [9.17, 15) is 9.90 Å². The molecular weight excluding hydrogens is 422 g/mol. The second kappa shape index (κ2) is 9.11. The van der Waals surface area contributed by atoms with Crippen molar-refractivity contribution < 1.29 is 14.3 Å². The Labute approximate surface area is 200 Å². The maximum absolute atomic E-state index is 13.6. The fourth-order valence-electron chi connectivity index (χ4n) is 5.05. The molecule has 4 heteroatoms. The van der Waals surface area contributed by atoms with E-state index in [4.69, 9.17) is 4.42 Å². The lowest BCUT2D eigenvalue weighted by Crippen LogP contribution is -2.35. The Kier molecular flexibility index (Phi) is 6.01. The van der Waals surface area contributed by atoms with Crippen molar-refractivity contribution in [2.75, 3.05) is 18.0 Å². The number of furan rings is 1. The number of benzene rings is 3. The minimum atomic E-state index is -1.54. The number of rotatable bonds is 8. The van der Waals surface area contributed by atoms with Gasteiger partial charge in [-0.15, -0.1) is 0 Å². The van der Waals surface area contributed by atoms with Crippen LogP contribution in [0.2, 0.25) is 0 Å². The third-order valence-electron chi connectivity index (χ3n) is 6.91. The van der Waals surface area contributed by atoms with Crippen LogP contribution in [0.25, 0.3) is 11.0 Å². The van der Waals surface area contributed by atoms with Gasteiger partial charge < -0.3 is 14.4 Å². The van der Waals surface area contributed by atoms with Crippen molar-refractivity contribution in [1.82, 2.24) is 0 Å². The van der Waals surface area contributed by atoms with Crippen LogP contribution in [0.1, 0.15) is 72.3 Å². The van der Waals surface area contributed by atoms with Gasteiger partial charge in [-0.3, -0.25) is 4.79 Å². The fraction of sp³-hybridized carbons (Fsp3) is 0.300. The maximum atomic E-state index is 13.6. The number of nitrogens with zero attached hydrogens (tertiary/aromatic N) is 1. The van der Waals surface area contributed by atoms with Gasteiger partial charge in [0.05, 0.1) is 5.56 Å². The smallest absolute Gasteiger partial charge is 0.197 e. The van der Waals surface area contributed by atoms with E-state index in [1.807, 2.05) is 60.7 Å². The Balaban J connectivity index is 1.70. The molecule has 1 heterocycles. The molecule has 4 aromatic rings. The van der Waals surface area contributed by atoms with Crippen molar-refractivity contribution in [1.29, 1.82) is 0 Å². The summed E-state index contributed by atoms with van der Waals surface area (Å²) in [6, 6.07) is 22.9. The molecule has 174 valence electrons. The zero-order chi connectivity index (χ0) is 23.7. The number of hydrogen-bond acceptors (Lipinski definition) is 4. The zero-order valence-electron chi connectivity index (χ0n) is 19.9. The summed E-state index contributed by atoms with van der Waals surface area (Å²) in [5, 5.41) is 13.0. The van der Waals surface area contributed by atoms with Crippen LogP contribution in [-0.2, 0) is 5.60 Å². The average Bonchev–Trinajstić information content (AvgIpc) is 3.28. The highest BCUT2D eigenvalue weighted by molar-refractivity contribution is 6.19. The maximum Gasteiger partial charge on any atom is 0.197 e. The van der Waals surface area contributed by atoms with E-state index in [1.165, 1.54) is 0 Å². The first kappa shape index (κ1) is 22.4. The molecule has 1 aliphatic rings. The third kappa shape index (κ3) is 3.54. The summed E-state index contributed by atoms with van der Waals surface area (Å²) in [7, 11) is 0. The largest absolute Gasteiger partial charge is 0.456 e. The van der Waals surface area contributed by atoms with E-state index in [2.05, 4.69) is 24.8 Å². The predicted molar refractivity (Wildman–Crippen MR) is 137 cm³/mol.